The highest BCUT2D eigenvalue weighted by Crippen LogP contribution is 2.28. The first-order valence-corrected chi connectivity index (χ1v) is 6.44. The summed E-state index contributed by atoms with van der Waals surface area (Å²) in [5.74, 6) is 7.24. The fourth-order valence-electron chi connectivity index (χ4n) is 1.89. The Morgan fingerprint density at radius 3 is 2.62 bits per heavy atom. The Kier molecular flexibility index (Phi) is 5.04. The molecule has 0 bridgehead atoms. The summed E-state index contributed by atoms with van der Waals surface area (Å²) in [7, 11) is 3.23. The minimum atomic E-state index is 0.428. The number of methoxy groups -OCH3 is 2. The average molecular weight is 286 g/mol. The molecule has 5 heteroatoms. The topological polar surface area (TPSA) is 66.1 Å². The van der Waals surface area contributed by atoms with E-state index < -0.39 is 0 Å². The van der Waals surface area contributed by atoms with E-state index in [1.165, 1.54) is 0 Å². The molecule has 0 radical (unpaired) electrons. The van der Waals surface area contributed by atoms with Crippen LogP contribution in [0.15, 0.2) is 47.6 Å². The van der Waals surface area contributed by atoms with Crippen LogP contribution in [0.5, 0.6) is 17.2 Å². The summed E-state index contributed by atoms with van der Waals surface area (Å²) in [5, 5.41) is 3.49. The number of nitrogens with two attached hydrogens (primary N) is 1. The standard InChI is InChI=1S/C16H18N2O3/c1-19-14-5-3-4-13(8-14)11-21-15-7-6-12(10-18-17)9-16(15)20-2/h3-10H,11,17H2,1-2H3. The Morgan fingerprint density at radius 1 is 1.05 bits per heavy atom. The highest BCUT2D eigenvalue weighted by Gasteiger charge is 2.06. The third-order valence-electron chi connectivity index (χ3n) is 2.94. The molecule has 0 fully saturated rings. The predicted octanol–water partition coefficient (Wildman–Crippen LogP) is 2.58. The largest absolute Gasteiger partial charge is 0.497 e. The van der Waals surface area contributed by atoms with Gasteiger partial charge in [0, 0.05) is 0 Å². The van der Waals surface area contributed by atoms with Gasteiger partial charge in [0.05, 0.1) is 20.4 Å². The summed E-state index contributed by atoms with van der Waals surface area (Å²) in [6.07, 6.45) is 1.55. The number of rotatable bonds is 6. The molecule has 2 aromatic rings. The van der Waals surface area contributed by atoms with Gasteiger partial charge in [-0.3, -0.25) is 0 Å². The monoisotopic (exact) mass is 286 g/mol. The van der Waals surface area contributed by atoms with Crippen LogP contribution in [0.3, 0.4) is 0 Å². The minimum Gasteiger partial charge on any atom is -0.497 e. The molecule has 0 amide bonds. The van der Waals surface area contributed by atoms with Crippen LogP contribution in [-0.4, -0.2) is 20.4 Å². The van der Waals surface area contributed by atoms with E-state index in [2.05, 4.69) is 5.10 Å². The third-order valence-corrected chi connectivity index (χ3v) is 2.94. The molecule has 5 nitrogen and oxygen atoms in total. The van der Waals surface area contributed by atoms with Crippen molar-refractivity contribution in [2.45, 2.75) is 6.61 Å². The van der Waals surface area contributed by atoms with Crippen molar-refractivity contribution in [1.82, 2.24) is 0 Å². The predicted molar refractivity (Wildman–Crippen MR) is 82.1 cm³/mol. The molecular weight excluding hydrogens is 268 g/mol. The van der Waals surface area contributed by atoms with E-state index in [1.54, 1.807) is 20.4 Å². The lowest BCUT2D eigenvalue weighted by Gasteiger charge is -2.11. The molecule has 110 valence electrons. The van der Waals surface area contributed by atoms with Crippen molar-refractivity contribution in [3.05, 3.63) is 53.6 Å². The van der Waals surface area contributed by atoms with Gasteiger partial charge in [-0.1, -0.05) is 12.1 Å². The quantitative estimate of drug-likeness (QED) is 0.503. The second-order valence-electron chi connectivity index (χ2n) is 4.33. The molecule has 0 saturated carbocycles. The molecule has 0 heterocycles. The molecule has 0 atom stereocenters. The van der Waals surface area contributed by atoms with Crippen LogP contribution < -0.4 is 20.1 Å². The van der Waals surface area contributed by atoms with Crippen LogP contribution in [0.25, 0.3) is 0 Å². The lowest BCUT2D eigenvalue weighted by atomic mass is 10.2. The first-order chi connectivity index (χ1) is 10.3. The maximum atomic E-state index is 5.79. The van der Waals surface area contributed by atoms with Crippen LogP contribution >= 0.6 is 0 Å². The van der Waals surface area contributed by atoms with E-state index in [-0.39, 0.29) is 0 Å². The summed E-state index contributed by atoms with van der Waals surface area (Å²) in [5.41, 5.74) is 1.87. The minimum absolute atomic E-state index is 0.428. The van der Waals surface area contributed by atoms with Gasteiger partial charge in [-0.05, 0) is 41.5 Å². The molecule has 2 N–H and O–H groups in total. The van der Waals surface area contributed by atoms with Crippen LogP contribution in [-0.2, 0) is 6.61 Å². The molecule has 21 heavy (non-hydrogen) atoms. The maximum absolute atomic E-state index is 5.79. The van der Waals surface area contributed by atoms with Crippen molar-refractivity contribution in [2.75, 3.05) is 14.2 Å². The Hall–Kier alpha value is -2.69. The summed E-state index contributed by atoms with van der Waals surface area (Å²) in [4.78, 5) is 0. The summed E-state index contributed by atoms with van der Waals surface area (Å²) in [6.45, 7) is 0.428. The number of ether oxygens (including phenoxy) is 3. The van der Waals surface area contributed by atoms with Crippen molar-refractivity contribution in [3.63, 3.8) is 0 Å². The number of nitrogens with zero attached hydrogens (tertiary/aromatic N) is 1. The number of hydrogen-bond acceptors (Lipinski definition) is 5. The summed E-state index contributed by atoms with van der Waals surface area (Å²) in [6, 6.07) is 13.2. The van der Waals surface area contributed by atoms with Gasteiger partial charge in [0.25, 0.3) is 0 Å². The van der Waals surface area contributed by atoms with Gasteiger partial charge < -0.3 is 20.1 Å². The van der Waals surface area contributed by atoms with E-state index in [0.29, 0.717) is 18.1 Å². The first kappa shape index (κ1) is 14.7. The van der Waals surface area contributed by atoms with Gasteiger partial charge in [0.2, 0.25) is 0 Å². The molecule has 0 saturated heterocycles. The molecule has 0 spiro atoms. The van der Waals surface area contributed by atoms with Crippen molar-refractivity contribution in [3.8, 4) is 17.2 Å². The fourth-order valence-corrected chi connectivity index (χ4v) is 1.89. The van der Waals surface area contributed by atoms with E-state index in [4.69, 9.17) is 20.1 Å². The van der Waals surface area contributed by atoms with Crippen molar-refractivity contribution < 1.29 is 14.2 Å². The molecule has 2 rings (SSSR count). The second kappa shape index (κ2) is 7.19. The third kappa shape index (κ3) is 3.89. The normalized spacial score (nSPS) is 10.6. The Labute approximate surface area is 123 Å². The van der Waals surface area contributed by atoms with E-state index in [9.17, 15) is 0 Å². The van der Waals surface area contributed by atoms with E-state index in [0.717, 1.165) is 16.9 Å². The van der Waals surface area contributed by atoms with Crippen LogP contribution in [0.2, 0.25) is 0 Å². The summed E-state index contributed by atoms with van der Waals surface area (Å²) < 4.78 is 16.3. The maximum Gasteiger partial charge on any atom is 0.161 e. The first-order valence-electron chi connectivity index (χ1n) is 6.44. The molecule has 0 aliphatic rings. The number of hydrogen-bond donors (Lipinski definition) is 1. The second-order valence-corrected chi connectivity index (χ2v) is 4.33. The lowest BCUT2D eigenvalue weighted by Crippen LogP contribution is -1.99. The zero-order valence-electron chi connectivity index (χ0n) is 12.1. The molecule has 2 aromatic carbocycles. The summed E-state index contributed by atoms with van der Waals surface area (Å²) >= 11 is 0. The molecule has 0 aromatic heterocycles. The van der Waals surface area contributed by atoms with Gasteiger partial charge in [-0.2, -0.15) is 5.10 Å². The smallest absolute Gasteiger partial charge is 0.161 e. The van der Waals surface area contributed by atoms with E-state index in [1.807, 2.05) is 42.5 Å². The van der Waals surface area contributed by atoms with Crippen LogP contribution in [0, 0.1) is 0 Å². The van der Waals surface area contributed by atoms with Gasteiger partial charge >= 0.3 is 0 Å². The van der Waals surface area contributed by atoms with Gasteiger partial charge in [-0.15, -0.1) is 0 Å². The SMILES string of the molecule is COc1cccc(COc2ccc(C=NN)cc2OC)c1. The number of hydrazone groups is 1. The van der Waals surface area contributed by atoms with Gasteiger partial charge in [-0.25, -0.2) is 0 Å². The highest BCUT2D eigenvalue weighted by molar-refractivity contribution is 5.80. The Balaban J connectivity index is 2.11. The fraction of sp³-hybridized carbons (Fsp3) is 0.188. The molecule has 0 unspecified atom stereocenters. The highest BCUT2D eigenvalue weighted by atomic mass is 16.5. The Bertz CT molecular complexity index is 627. The average Bonchev–Trinajstić information content (AvgIpc) is 2.54. The zero-order chi connectivity index (χ0) is 15.1. The van der Waals surface area contributed by atoms with Crippen molar-refractivity contribution in [1.29, 1.82) is 0 Å². The van der Waals surface area contributed by atoms with Gasteiger partial charge in [0.15, 0.2) is 11.5 Å². The lowest BCUT2D eigenvalue weighted by molar-refractivity contribution is 0.284. The van der Waals surface area contributed by atoms with Crippen molar-refractivity contribution >= 4 is 6.21 Å². The van der Waals surface area contributed by atoms with E-state index >= 15 is 0 Å². The van der Waals surface area contributed by atoms with Crippen molar-refractivity contribution in [2.24, 2.45) is 10.9 Å². The van der Waals surface area contributed by atoms with Crippen LogP contribution in [0.1, 0.15) is 11.1 Å². The molecular formula is C16H18N2O3. The van der Waals surface area contributed by atoms with Crippen LogP contribution in [0.4, 0.5) is 0 Å². The molecule has 0 aliphatic carbocycles. The molecule has 0 aliphatic heterocycles. The number of benzene rings is 2. The zero-order valence-corrected chi connectivity index (χ0v) is 12.1. The Morgan fingerprint density at radius 2 is 1.90 bits per heavy atom. The van der Waals surface area contributed by atoms with Gasteiger partial charge in [0.1, 0.15) is 12.4 Å².